The second-order valence-corrected chi connectivity index (χ2v) is 6.12. The topological polar surface area (TPSA) is 75.6 Å². The molecule has 2 atom stereocenters. The van der Waals surface area contributed by atoms with E-state index in [0.717, 1.165) is 12.0 Å². The zero-order valence-electron chi connectivity index (χ0n) is 12.2. The van der Waals surface area contributed by atoms with E-state index >= 15 is 0 Å². The SMILES string of the molecule is CC[C@H](C)SC[C@H](NC(=O)OCc1ccccc1)C(=O)O. The number of alkyl carbamates (subject to hydrolysis) is 1. The van der Waals surface area contributed by atoms with Gasteiger partial charge in [0, 0.05) is 11.0 Å². The van der Waals surface area contributed by atoms with Crippen LogP contribution < -0.4 is 5.32 Å². The molecule has 0 radical (unpaired) electrons. The molecule has 0 saturated carbocycles. The summed E-state index contributed by atoms with van der Waals surface area (Å²) in [5, 5.41) is 11.8. The number of aliphatic carboxylic acids is 1. The molecular formula is C15H21NO4S. The highest BCUT2D eigenvalue weighted by Crippen LogP contribution is 2.14. The molecule has 1 amide bonds. The lowest BCUT2D eigenvalue weighted by molar-refractivity contribution is -0.138. The fraction of sp³-hybridized carbons (Fsp3) is 0.467. The van der Waals surface area contributed by atoms with Crippen molar-refractivity contribution in [3.63, 3.8) is 0 Å². The molecule has 1 aromatic rings. The molecule has 0 aliphatic carbocycles. The van der Waals surface area contributed by atoms with Crippen LogP contribution in [0.1, 0.15) is 25.8 Å². The van der Waals surface area contributed by atoms with Gasteiger partial charge in [0.15, 0.2) is 0 Å². The monoisotopic (exact) mass is 311 g/mol. The fourth-order valence-corrected chi connectivity index (χ4v) is 2.44. The van der Waals surface area contributed by atoms with Gasteiger partial charge in [-0.1, -0.05) is 44.2 Å². The molecule has 0 aromatic heterocycles. The number of carboxylic acids is 1. The Labute approximate surface area is 129 Å². The lowest BCUT2D eigenvalue weighted by Gasteiger charge is -2.16. The number of rotatable bonds is 8. The van der Waals surface area contributed by atoms with Gasteiger partial charge in [-0.2, -0.15) is 11.8 Å². The molecule has 2 N–H and O–H groups in total. The number of carbonyl (C=O) groups excluding carboxylic acids is 1. The van der Waals surface area contributed by atoms with Crippen LogP contribution in [0.5, 0.6) is 0 Å². The van der Waals surface area contributed by atoms with E-state index in [1.165, 1.54) is 11.8 Å². The smallest absolute Gasteiger partial charge is 0.408 e. The van der Waals surface area contributed by atoms with Crippen LogP contribution >= 0.6 is 11.8 Å². The lowest BCUT2D eigenvalue weighted by atomic mass is 10.2. The number of ether oxygens (including phenoxy) is 1. The number of nitrogens with one attached hydrogen (secondary N) is 1. The van der Waals surface area contributed by atoms with Crippen LogP contribution in [0.15, 0.2) is 30.3 Å². The van der Waals surface area contributed by atoms with Gasteiger partial charge >= 0.3 is 12.1 Å². The predicted octanol–water partition coefficient (Wildman–Crippen LogP) is 2.90. The Balaban J connectivity index is 2.40. The molecule has 0 spiro atoms. The molecule has 5 nitrogen and oxygen atoms in total. The van der Waals surface area contributed by atoms with Crippen LogP contribution in [-0.4, -0.2) is 34.2 Å². The molecule has 0 aliphatic heterocycles. The Morgan fingerprint density at radius 2 is 2.00 bits per heavy atom. The van der Waals surface area contributed by atoms with Crippen LogP contribution in [-0.2, 0) is 16.1 Å². The third kappa shape index (κ3) is 7.04. The quantitative estimate of drug-likeness (QED) is 0.772. The van der Waals surface area contributed by atoms with Crippen molar-refractivity contribution in [1.29, 1.82) is 0 Å². The Hall–Kier alpha value is -1.69. The van der Waals surface area contributed by atoms with Crippen molar-refractivity contribution in [1.82, 2.24) is 5.32 Å². The van der Waals surface area contributed by atoms with Gasteiger partial charge in [-0.05, 0) is 12.0 Å². The molecule has 0 unspecified atom stereocenters. The molecule has 1 aromatic carbocycles. The summed E-state index contributed by atoms with van der Waals surface area (Å²) in [6.07, 6.45) is 0.242. The third-order valence-corrected chi connectivity index (χ3v) is 4.35. The second kappa shape index (κ2) is 9.28. The maximum absolute atomic E-state index is 11.6. The molecule has 0 heterocycles. The van der Waals surface area contributed by atoms with E-state index in [2.05, 4.69) is 5.32 Å². The minimum atomic E-state index is -1.05. The van der Waals surface area contributed by atoms with Gasteiger partial charge in [-0.3, -0.25) is 0 Å². The zero-order chi connectivity index (χ0) is 15.7. The summed E-state index contributed by atoms with van der Waals surface area (Å²) < 4.78 is 5.02. The van der Waals surface area contributed by atoms with Crippen molar-refractivity contribution >= 4 is 23.8 Å². The van der Waals surface area contributed by atoms with Crippen molar-refractivity contribution < 1.29 is 19.4 Å². The second-order valence-electron chi connectivity index (χ2n) is 4.65. The summed E-state index contributed by atoms with van der Waals surface area (Å²) in [7, 11) is 0. The fourth-order valence-electron chi connectivity index (χ4n) is 1.46. The van der Waals surface area contributed by atoms with Crippen molar-refractivity contribution in [2.75, 3.05) is 5.75 Å². The number of carboxylic acid groups (broad SMARTS) is 1. The Morgan fingerprint density at radius 3 is 2.57 bits per heavy atom. The van der Waals surface area contributed by atoms with Crippen molar-refractivity contribution in [3.8, 4) is 0 Å². The number of hydrogen-bond donors (Lipinski definition) is 2. The van der Waals surface area contributed by atoms with Gasteiger partial charge in [-0.15, -0.1) is 0 Å². The van der Waals surface area contributed by atoms with Crippen LogP contribution in [0.25, 0.3) is 0 Å². The number of carbonyl (C=O) groups is 2. The summed E-state index contributed by atoms with van der Waals surface area (Å²) in [6, 6.07) is 8.29. The van der Waals surface area contributed by atoms with Crippen molar-refractivity contribution in [2.45, 2.75) is 38.2 Å². The summed E-state index contributed by atoms with van der Waals surface area (Å²) in [5.74, 6) is -0.729. The van der Waals surface area contributed by atoms with E-state index in [-0.39, 0.29) is 6.61 Å². The van der Waals surface area contributed by atoms with Gasteiger partial charge < -0.3 is 15.2 Å². The van der Waals surface area contributed by atoms with E-state index < -0.39 is 18.1 Å². The van der Waals surface area contributed by atoms with Crippen LogP contribution in [0.3, 0.4) is 0 Å². The first kappa shape index (κ1) is 17.4. The number of benzene rings is 1. The van der Waals surface area contributed by atoms with Gasteiger partial charge in [0.2, 0.25) is 0 Å². The van der Waals surface area contributed by atoms with E-state index in [4.69, 9.17) is 9.84 Å². The van der Waals surface area contributed by atoms with Gasteiger partial charge in [0.1, 0.15) is 12.6 Å². The summed E-state index contributed by atoms with van der Waals surface area (Å²) in [6.45, 7) is 4.18. The molecule has 6 heteroatoms. The van der Waals surface area contributed by atoms with Gasteiger partial charge in [0.05, 0.1) is 0 Å². The molecule has 116 valence electrons. The van der Waals surface area contributed by atoms with E-state index in [1.54, 1.807) is 0 Å². The highest BCUT2D eigenvalue weighted by Gasteiger charge is 2.21. The van der Waals surface area contributed by atoms with Crippen molar-refractivity contribution in [3.05, 3.63) is 35.9 Å². The van der Waals surface area contributed by atoms with E-state index in [1.807, 2.05) is 44.2 Å². The Morgan fingerprint density at radius 1 is 1.33 bits per heavy atom. The standard InChI is InChI=1S/C15H21NO4S/c1-3-11(2)21-10-13(14(17)18)16-15(19)20-9-12-7-5-4-6-8-12/h4-8,11,13H,3,9-10H2,1-2H3,(H,16,19)(H,17,18)/t11-,13-/m0/s1. The molecule has 0 aliphatic rings. The Kier molecular flexibility index (Phi) is 7.68. The number of thioether (sulfide) groups is 1. The molecule has 0 saturated heterocycles. The van der Waals surface area contributed by atoms with Crippen LogP contribution in [0.2, 0.25) is 0 Å². The molecule has 21 heavy (non-hydrogen) atoms. The summed E-state index contributed by atoms with van der Waals surface area (Å²) >= 11 is 1.52. The predicted molar refractivity (Wildman–Crippen MR) is 83.4 cm³/mol. The zero-order valence-corrected chi connectivity index (χ0v) is 13.1. The molecule has 0 fully saturated rings. The number of hydrogen-bond acceptors (Lipinski definition) is 4. The van der Waals surface area contributed by atoms with Crippen LogP contribution in [0, 0.1) is 0 Å². The highest BCUT2D eigenvalue weighted by atomic mass is 32.2. The van der Waals surface area contributed by atoms with Crippen molar-refractivity contribution in [2.24, 2.45) is 0 Å². The third-order valence-electron chi connectivity index (χ3n) is 2.93. The summed E-state index contributed by atoms with van der Waals surface area (Å²) in [4.78, 5) is 22.8. The van der Waals surface area contributed by atoms with E-state index in [0.29, 0.717) is 11.0 Å². The lowest BCUT2D eigenvalue weighted by Crippen LogP contribution is -2.43. The Bertz CT molecular complexity index is 452. The largest absolute Gasteiger partial charge is 0.480 e. The van der Waals surface area contributed by atoms with Crippen LogP contribution in [0.4, 0.5) is 4.79 Å². The summed E-state index contributed by atoms with van der Waals surface area (Å²) in [5.41, 5.74) is 0.855. The molecular weight excluding hydrogens is 290 g/mol. The minimum absolute atomic E-state index is 0.123. The molecule has 1 rings (SSSR count). The van der Waals surface area contributed by atoms with Gasteiger partial charge in [0.25, 0.3) is 0 Å². The maximum Gasteiger partial charge on any atom is 0.408 e. The first-order valence-electron chi connectivity index (χ1n) is 6.84. The average Bonchev–Trinajstić information content (AvgIpc) is 2.49. The first-order valence-corrected chi connectivity index (χ1v) is 7.89. The van der Waals surface area contributed by atoms with Gasteiger partial charge in [-0.25, -0.2) is 9.59 Å². The average molecular weight is 311 g/mol. The highest BCUT2D eigenvalue weighted by molar-refractivity contribution is 7.99. The minimum Gasteiger partial charge on any atom is -0.480 e. The normalized spacial score (nSPS) is 13.2. The maximum atomic E-state index is 11.6. The number of amides is 1. The van der Waals surface area contributed by atoms with E-state index in [9.17, 15) is 9.59 Å². The molecule has 0 bridgehead atoms. The first-order chi connectivity index (χ1) is 10.0.